The van der Waals surface area contributed by atoms with Gasteiger partial charge in [-0.1, -0.05) is 75.4 Å². The molecule has 0 heterocycles. The minimum Gasteiger partial charge on any atom is -0.508 e. The summed E-state index contributed by atoms with van der Waals surface area (Å²) >= 11 is 5.49. The molecule has 0 unspecified atom stereocenters. The first-order chi connectivity index (χ1) is 9.11. The molecule has 0 fully saturated rings. The molecule has 0 saturated carbocycles. The Morgan fingerprint density at radius 2 is 1.84 bits per heavy atom. The van der Waals surface area contributed by atoms with Crippen molar-refractivity contribution in [2.24, 2.45) is 0 Å². The summed E-state index contributed by atoms with van der Waals surface area (Å²) in [7, 11) is 0. The Morgan fingerprint density at radius 1 is 1.26 bits per heavy atom. The van der Waals surface area contributed by atoms with Gasteiger partial charge in [0.05, 0.1) is 0 Å². The number of para-hydroxylation sites is 1. The van der Waals surface area contributed by atoms with E-state index >= 15 is 0 Å². The number of hydrogen-bond donors (Lipinski definition) is 1. The van der Waals surface area contributed by atoms with Crippen LogP contribution in [0.1, 0.15) is 33.3 Å². The molecule has 1 N–H and O–H groups in total. The van der Waals surface area contributed by atoms with E-state index in [9.17, 15) is 0 Å². The molecule has 0 radical (unpaired) electrons. The van der Waals surface area contributed by atoms with Crippen molar-refractivity contribution in [1.82, 2.24) is 0 Å². The third kappa shape index (κ3) is 12.8. The van der Waals surface area contributed by atoms with Crippen LogP contribution in [0.3, 0.4) is 0 Å². The topological polar surface area (TPSA) is 20.2 Å². The fourth-order valence-corrected chi connectivity index (χ4v) is 1.15. The quantitative estimate of drug-likeness (QED) is 0.688. The van der Waals surface area contributed by atoms with E-state index in [1.807, 2.05) is 64.1 Å². The van der Waals surface area contributed by atoms with Crippen molar-refractivity contribution in [3.63, 3.8) is 0 Å². The van der Waals surface area contributed by atoms with Crippen molar-refractivity contribution in [1.29, 1.82) is 0 Å². The molecular formula is C17H25ClO. The number of benzene rings is 1. The SMILES string of the molecule is C=C/C=C\C=C(/C)Cl.CC.CCc1ccccc1O. The van der Waals surface area contributed by atoms with Gasteiger partial charge in [-0.15, -0.1) is 0 Å². The lowest BCUT2D eigenvalue weighted by atomic mass is 10.1. The molecule has 0 aromatic heterocycles. The summed E-state index contributed by atoms with van der Waals surface area (Å²) < 4.78 is 0. The second-order valence-electron chi connectivity index (χ2n) is 3.36. The van der Waals surface area contributed by atoms with Crippen LogP contribution in [0.4, 0.5) is 0 Å². The maximum Gasteiger partial charge on any atom is 0.118 e. The van der Waals surface area contributed by atoms with Crippen LogP contribution in [0.15, 0.2) is 60.2 Å². The second-order valence-corrected chi connectivity index (χ2v) is 3.95. The largest absolute Gasteiger partial charge is 0.508 e. The zero-order chi connectivity index (χ0) is 15.1. The molecule has 19 heavy (non-hydrogen) atoms. The molecule has 0 aliphatic carbocycles. The first-order valence-electron chi connectivity index (χ1n) is 6.50. The number of aromatic hydroxyl groups is 1. The molecule has 1 rings (SSSR count). The molecule has 0 bridgehead atoms. The van der Waals surface area contributed by atoms with Crippen molar-refractivity contribution in [3.8, 4) is 5.75 Å². The van der Waals surface area contributed by atoms with Crippen LogP contribution in [-0.2, 0) is 6.42 Å². The second kappa shape index (κ2) is 14.6. The molecule has 106 valence electrons. The molecule has 0 saturated heterocycles. The summed E-state index contributed by atoms with van der Waals surface area (Å²) in [6.45, 7) is 11.3. The number of hydrogen-bond acceptors (Lipinski definition) is 1. The molecule has 0 amide bonds. The summed E-state index contributed by atoms with van der Waals surface area (Å²) in [6.07, 6.45) is 8.08. The van der Waals surface area contributed by atoms with Gasteiger partial charge in [0.15, 0.2) is 0 Å². The molecule has 0 aliphatic heterocycles. The molecule has 2 heteroatoms. The number of allylic oxidation sites excluding steroid dienone is 5. The van der Waals surface area contributed by atoms with Gasteiger partial charge in [-0.25, -0.2) is 0 Å². The van der Waals surface area contributed by atoms with Gasteiger partial charge in [-0.2, -0.15) is 0 Å². The lowest BCUT2D eigenvalue weighted by Gasteiger charge is -1.97. The average Bonchev–Trinajstić information content (AvgIpc) is 2.42. The smallest absolute Gasteiger partial charge is 0.118 e. The highest BCUT2D eigenvalue weighted by molar-refractivity contribution is 6.29. The van der Waals surface area contributed by atoms with Gasteiger partial charge in [-0.3, -0.25) is 0 Å². The summed E-state index contributed by atoms with van der Waals surface area (Å²) in [5, 5.41) is 9.89. The average molecular weight is 281 g/mol. The van der Waals surface area contributed by atoms with E-state index in [1.165, 1.54) is 0 Å². The van der Waals surface area contributed by atoms with Crippen LogP contribution in [0.2, 0.25) is 0 Å². The summed E-state index contributed by atoms with van der Waals surface area (Å²) in [5.41, 5.74) is 1.01. The van der Waals surface area contributed by atoms with Gasteiger partial charge in [0.25, 0.3) is 0 Å². The summed E-state index contributed by atoms with van der Waals surface area (Å²) in [6, 6.07) is 7.39. The third-order valence-corrected chi connectivity index (χ3v) is 2.07. The van der Waals surface area contributed by atoms with Gasteiger partial charge in [0.2, 0.25) is 0 Å². The first kappa shape index (κ1) is 19.9. The number of phenols is 1. The van der Waals surface area contributed by atoms with Crippen molar-refractivity contribution < 1.29 is 5.11 Å². The minimum absolute atomic E-state index is 0.403. The lowest BCUT2D eigenvalue weighted by Crippen LogP contribution is -1.77. The standard InChI is InChI=1S/C8H10O.C7H9Cl.C2H6/c1-2-7-5-3-4-6-8(7)9;1-3-4-5-6-7(2)8;1-2/h3-6,9H,2H2,1H3;3-6H,1H2,2H3;1-2H3/b;5-4-,7-6+;. The number of halogens is 1. The van der Waals surface area contributed by atoms with Crippen molar-refractivity contribution in [2.45, 2.75) is 34.1 Å². The summed E-state index contributed by atoms with van der Waals surface area (Å²) in [5.74, 6) is 0.403. The number of phenolic OH excluding ortho intramolecular Hbond substituents is 1. The normalized spacial score (nSPS) is 10.1. The van der Waals surface area contributed by atoms with Gasteiger partial charge < -0.3 is 5.11 Å². The van der Waals surface area contributed by atoms with Crippen molar-refractivity contribution >= 4 is 11.6 Å². The van der Waals surface area contributed by atoms with E-state index in [1.54, 1.807) is 12.1 Å². The predicted molar refractivity (Wildman–Crippen MR) is 87.8 cm³/mol. The van der Waals surface area contributed by atoms with E-state index in [0.29, 0.717) is 5.75 Å². The van der Waals surface area contributed by atoms with Crippen LogP contribution in [0, 0.1) is 0 Å². The molecule has 1 aromatic carbocycles. The van der Waals surface area contributed by atoms with Crippen LogP contribution in [0.25, 0.3) is 0 Å². The molecular weight excluding hydrogens is 256 g/mol. The first-order valence-corrected chi connectivity index (χ1v) is 6.88. The Labute approximate surface area is 122 Å². The fraction of sp³-hybridized carbons (Fsp3) is 0.294. The van der Waals surface area contributed by atoms with Gasteiger partial charge in [0.1, 0.15) is 5.75 Å². The Hall–Kier alpha value is -1.47. The van der Waals surface area contributed by atoms with E-state index in [-0.39, 0.29) is 0 Å². The Balaban J connectivity index is 0. The van der Waals surface area contributed by atoms with Gasteiger partial charge in [-0.05, 0) is 31.1 Å². The Bertz CT molecular complexity index is 388. The minimum atomic E-state index is 0.403. The van der Waals surface area contributed by atoms with E-state index < -0.39 is 0 Å². The third-order valence-electron chi connectivity index (χ3n) is 1.95. The predicted octanol–water partition coefficient (Wildman–Crippen LogP) is 5.85. The van der Waals surface area contributed by atoms with Crippen molar-refractivity contribution in [3.05, 3.63) is 65.7 Å². The molecule has 0 spiro atoms. The number of aryl methyl sites for hydroxylation is 1. The van der Waals surface area contributed by atoms with E-state index in [4.69, 9.17) is 16.7 Å². The van der Waals surface area contributed by atoms with Crippen molar-refractivity contribution in [2.75, 3.05) is 0 Å². The Morgan fingerprint density at radius 3 is 2.21 bits per heavy atom. The monoisotopic (exact) mass is 280 g/mol. The van der Waals surface area contributed by atoms with E-state index in [0.717, 1.165) is 17.0 Å². The maximum atomic E-state index is 9.11. The van der Waals surface area contributed by atoms with E-state index in [2.05, 4.69) is 6.58 Å². The highest BCUT2D eigenvalue weighted by Crippen LogP contribution is 2.14. The fourth-order valence-electron chi connectivity index (χ4n) is 1.08. The zero-order valence-corrected chi connectivity index (χ0v) is 13.1. The van der Waals surface area contributed by atoms with Gasteiger partial charge >= 0.3 is 0 Å². The van der Waals surface area contributed by atoms with Crippen LogP contribution >= 0.6 is 11.6 Å². The molecule has 0 aliphatic rings. The highest BCUT2D eigenvalue weighted by Gasteiger charge is 1.92. The van der Waals surface area contributed by atoms with Crippen LogP contribution in [0.5, 0.6) is 5.75 Å². The highest BCUT2D eigenvalue weighted by atomic mass is 35.5. The molecule has 1 aromatic rings. The number of rotatable bonds is 3. The lowest BCUT2D eigenvalue weighted by molar-refractivity contribution is 0.469. The molecule has 1 nitrogen and oxygen atoms in total. The van der Waals surface area contributed by atoms with Crippen LogP contribution < -0.4 is 0 Å². The Kier molecular flexibility index (Phi) is 15.3. The summed E-state index contributed by atoms with van der Waals surface area (Å²) in [4.78, 5) is 0. The van der Waals surface area contributed by atoms with Gasteiger partial charge in [0, 0.05) is 5.03 Å². The molecule has 0 atom stereocenters. The maximum absolute atomic E-state index is 9.11. The zero-order valence-electron chi connectivity index (χ0n) is 12.4. The van der Waals surface area contributed by atoms with Crippen LogP contribution in [-0.4, -0.2) is 5.11 Å².